The van der Waals surface area contributed by atoms with Crippen LogP contribution in [-0.4, -0.2) is 10.9 Å². The lowest BCUT2D eigenvalue weighted by atomic mass is 10.0. The first kappa shape index (κ1) is 13.4. The fraction of sp³-hybridized carbons (Fsp3) is 0.188. The second-order valence-corrected chi connectivity index (χ2v) is 4.48. The fourth-order valence-corrected chi connectivity index (χ4v) is 1.96. The predicted octanol–water partition coefficient (Wildman–Crippen LogP) is 3.06. The van der Waals surface area contributed by atoms with Crippen LogP contribution in [0.5, 0.6) is 0 Å². The number of benzene rings is 2. The number of Topliss-reactive ketones (excluding diaryl/α,β-unsaturated/α-hetero) is 1. The molecule has 0 amide bonds. The van der Waals surface area contributed by atoms with Crippen LogP contribution in [0.25, 0.3) is 0 Å². The van der Waals surface area contributed by atoms with E-state index in [1.165, 1.54) is 12.1 Å². The molecule has 0 heterocycles. The Hall–Kier alpha value is -2.00. The van der Waals surface area contributed by atoms with E-state index in [0.717, 1.165) is 5.56 Å². The van der Waals surface area contributed by atoms with Crippen LogP contribution in [0.15, 0.2) is 54.6 Å². The van der Waals surface area contributed by atoms with Crippen LogP contribution >= 0.6 is 0 Å². The number of ketones is 1. The van der Waals surface area contributed by atoms with Crippen LogP contribution < -0.4 is 0 Å². The number of aliphatic hydroxyl groups excluding tert-OH is 1. The van der Waals surface area contributed by atoms with Crippen molar-refractivity contribution in [2.75, 3.05) is 0 Å². The Morgan fingerprint density at radius 1 is 1.11 bits per heavy atom. The van der Waals surface area contributed by atoms with E-state index in [1.54, 1.807) is 24.3 Å². The summed E-state index contributed by atoms with van der Waals surface area (Å²) in [5, 5.41) is 9.93. The molecule has 0 bridgehead atoms. The van der Waals surface area contributed by atoms with Crippen molar-refractivity contribution in [2.45, 2.75) is 18.9 Å². The Kier molecular flexibility index (Phi) is 4.42. The molecule has 0 fully saturated rings. The van der Waals surface area contributed by atoms with E-state index < -0.39 is 6.10 Å². The van der Waals surface area contributed by atoms with Crippen molar-refractivity contribution < 1.29 is 14.3 Å². The summed E-state index contributed by atoms with van der Waals surface area (Å²) in [6.07, 6.45) is -0.621. The molecule has 0 aliphatic heterocycles. The van der Waals surface area contributed by atoms with Gasteiger partial charge in [0.2, 0.25) is 0 Å². The maximum atomic E-state index is 13.0. The Balaban J connectivity index is 1.95. The van der Waals surface area contributed by atoms with Crippen molar-refractivity contribution >= 4 is 5.78 Å². The van der Waals surface area contributed by atoms with E-state index in [1.807, 2.05) is 18.2 Å². The minimum absolute atomic E-state index is 0.0422. The fourth-order valence-electron chi connectivity index (χ4n) is 1.96. The standard InChI is InChI=1S/C16H15FO2/c17-14-8-4-5-12(9-14)10-15(18)11-16(19)13-6-2-1-3-7-13/h1-9,16,19H,10-11H2/t16-/m0/s1. The SMILES string of the molecule is O=C(Cc1cccc(F)c1)C[C@H](O)c1ccccc1. The molecule has 19 heavy (non-hydrogen) atoms. The largest absolute Gasteiger partial charge is 0.388 e. The van der Waals surface area contributed by atoms with Gasteiger partial charge in [-0.1, -0.05) is 42.5 Å². The van der Waals surface area contributed by atoms with Gasteiger partial charge in [0, 0.05) is 12.8 Å². The molecule has 1 atom stereocenters. The highest BCUT2D eigenvalue weighted by Gasteiger charge is 2.13. The van der Waals surface area contributed by atoms with Crippen molar-refractivity contribution in [1.29, 1.82) is 0 Å². The van der Waals surface area contributed by atoms with Gasteiger partial charge in [-0.15, -0.1) is 0 Å². The van der Waals surface area contributed by atoms with Gasteiger partial charge in [0.1, 0.15) is 11.6 Å². The summed E-state index contributed by atoms with van der Waals surface area (Å²) < 4.78 is 13.0. The quantitative estimate of drug-likeness (QED) is 0.895. The lowest BCUT2D eigenvalue weighted by Gasteiger charge is -2.10. The van der Waals surface area contributed by atoms with E-state index in [4.69, 9.17) is 0 Å². The summed E-state index contributed by atoms with van der Waals surface area (Å²) >= 11 is 0. The zero-order valence-corrected chi connectivity index (χ0v) is 10.4. The maximum Gasteiger partial charge on any atom is 0.140 e. The van der Waals surface area contributed by atoms with Gasteiger partial charge in [-0.25, -0.2) is 4.39 Å². The molecular formula is C16H15FO2. The predicted molar refractivity (Wildman–Crippen MR) is 71.1 cm³/mol. The van der Waals surface area contributed by atoms with Gasteiger partial charge in [0.15, 0.2) is 0 Å². The Bertz CT molecular complexity index is 552. The summed E-state index contributed by atoms with van der Waals surface area (Å²) in [6.45, 7) is 0. The average Bonchev–Trinajstić information content (AvgIpc) is 2.39. The molecule has 2 aromatic carbocycles. The zero-order valence-electron chi connectivity index (χ0n) is 10.4. The first-order chi connectivity index (χ1) is 9.15. The number of rotatable bonds is 5. The van der Waals surface area contributed by atoms with E-state index in [9.17, 15) is 14.3 Å². The number of aliphatic hydroxyl groups is 1. The molecule has 3 heteroatoms. The molecule has 0 saturated heterocycles. The molecule has 0 aliphatic rings. The first-order valence-corrected chi connectivity index (χ1v) is 6.14. The van der Waals surface area contributed by atoms with Crippen molar-refractivity contribution in [3.63, 3.8) is 0 Å². The second kappa shape index (κ2) is 6.25. The second-order valence-electron chi connectivity index (χ2n) is 4.48. The third-order valence-corrected chi connectivity index (χ3v) is 2.90. The lowest BCUT2D eigenvalue weighted by Crippen LogP contribution is -2.09. The maximum absolute atomic E-state index is 13.0. The Morgan fingerprint density at radius 2 is 1.84 bits per heavy atom. The van der Waals surface area contributed by atoms with Gasteiger partial charge < -0.3 is 5.11 Å². The van der Waals surface area contributed by atoms with E-state index in [0.29, 0.717) is 5.56 Å². The van der Waals surface area contributed by atoms with Gasteiger partial charge in [-0.2, -0.15) is 0 Å². The van der Waals surface area contributed by atoms with Crippen molar-refractivity contribution in [1.82, 2.24) is 0 Å². The molecule has 0 unspecified atom stereocenters. The van der Waals surface area contributed by atoms with Crippen LogP contribution in [0, 0.1) is 5.82 Å². The molecular weight excluding hydrogens is 243 g/mol. The van der Waals surface area contributed by atoms with Gasteiger partial charge in [-0.05, 0) is 23.3 Å². The Morgan fingerprint density at radius 3 is 2.53 bits per heavy atom. The van der Waals surface area contributed by atoms with Crippen LogP contribution in [-0.2, 0) is 11.2 Å². The smallest absolute Gasteiger partial charge is 0.140 e. The zero-order chi connectivity index (χ0) is 13.7. The number of carbonyl (C=O) groups is 1. The average molecular weight is 258 g/mol. The summed E-state index contributed by atoms with van der Waals surface area (Å²) in [5.74, 6) is -0.462. The highest BCUT2D eigenvalue weighted by atomic mass is 19.1. The van der Waals surface area contributed by atoms with Gasteiger partial charge in [0.05, 0.1) is 6.10 Å². The van der Waals surface area contributed by atoms with E-state index >= 15 is 0 Å². The summed E-state index contributed by atoms with van der Waals surface area (Å²) in [4.78, 5) is 11.8. The monoisotopic (exact) mass is 258 g/mol. The number of hydrogen-bond donors (Lipinski definition) is 1. The van der Waals surface area contributed by atoms with Crippen LogP contribution in [0.2, 0.25) is 0 Å². The normalized spacial score (nSPS) is 12.1. The molecule has 0 radical (unpaired) electrons. The van der Waals surface area contributed by atoms with Crippen LogP contribution in [0.3, 0.4) is 0 Å². The molecule has 2 rings (SSSR count). The molecule has 98 valence electrons. The number of carbonyl (C=O) groups excluding carboxylic acids is 1. The van der Waals surface area contributed by atoms with Gasteiger partial charge >= 0.3 is 0 Å². The molecule has 0 spiro atoms. The molecule has 0 aromatic heterocycles. The molecule has 0 aliphatic carbocycles. The highest BCUT2D eigenvalue weighted by Crippen LogP contribution is 2.17. The van der Waals surface area contributed by atoms with Crippen LogP contribution in [0.4, 0.5) is 4.39 Å². The molecule has 2 nitrogen and oxygen atoms in total. The third kappa shape index (κ3) is 4.00. The minimum Gasteiger partial charge on any atom is -0.388 e. The lowest BCUT2D eigenvalue weighted by molar-refractivity contribution is -0.120. The third-order valence-electron chi connectivity index (χ3n) is 2.90. The van der Waals surface area contributed by atoms with Crippen LogP contribution in [0.1, 0.15) is 23.7 Å². The highest BCUT2D eigenvalue weighted by molar-refractivity contribution is 5.81. The van der Waals surface area contributed by atoms with Gasteiger partial charge in [-0.3, -0.25) is 4.79 Å². The summed E-state index contributed by atoms with van der Waals surface area (Å²) in [6, 6.07) is 15.0. The van der Waals surface area contributed by atoms with Crippen molar-refractivity contribution in [3.05, 3.63) is 71.5 Å². The summed E-state index contributed by atoms with van der Waals surface area (Å²) in [5.41, 5.74) is 1.35. The topological polar surface area (TPSA) is 37.3 Å². The molecule has 0 saturated carbocycles. The number of halogens is 1. The molecule has 1 N–H and O–H groups in total. The van der Waals surface area contributed by atoms with E-state index in [2.05, 4.69) is 0 Å². The minimum atomic E-state index is -0.803. The van der Waals surface area contributed by atoms with Crippen molar-refractivity contribution in [2.24, 2.45) is 0 Å². The number of hydrogen-bond acceptors (Lipinski definition) is 2. The van der Waals surface area contributed by atoms with Gasteiger partial charge in [0.25, 0.3) is 0 Å². The molecule has 2 aromatic rings. The van der Waals surface area contributed by atoms with E-state index in [-0.39, 0.29) is 24.4 Å². The summed E-state index contributed by atoms with van der Waals surface area (Å²) in [7, 11) is 0. The van der Waals surface area contributed by atoms with Crippen molar-refractivity contribution in [3.8, 4) is 0 Å². The Labute approximate surface area is 111 Å². The first-order valence-electron chi connectivity index (χ1n) is 6.14.